The second-order valence-electron chi connectivity index (χ2n) is 2.85. The molecule has 0 bridgehead atoms. The summed E-state index contributed by atoms with van der Waals surface area (Å²) in [4.78, 5) is 0. The first-order valence-corrected chi connectivity index (χ1v) is 3.67. The first-order valence-electron chi connectivity index (χ1n) is 3.67. The summed E-state index contributed by atoms with van der Waals surface area (Å²) >= 11 is 0. The third-order valence-corrected chi connectivity index (χ3v) is 2.05. The van der Waals surface area contributed by atoms with Crippen LogP contribution in [0, 0.1) is 5.92 Å². The first kappa shape index (κ1) is 10.2. The lowest BCUT2D eigenvalue weighted by Gasteiger charge is -2.03. The molecule has 0 heterocycles. The Morgan fingerprint density at radius 3 is 2.50 bits per heavy atom. The van der Waals surface area contributed by atoms with Gasteiger partial charge in [0.05, 0.1) is 0 Å². The van der Waals surface area contributed by atoms with Gasteiger partial charge in [-0.15, -0.1) is 12.4 Å². The van der Waals surface area contributed by atoms with Gasteiger partial charge in [0.1, 0.15) is 6.17 Å². The van der Waals surface area contributed by atoms with E-state index in [0.29, 0.717) is 5.92 Å². The van der Waals surface area contributed by atoms with Crippen LogP contribution >= 0.6 is 12.4 Å². The van der Waals surface area contributed by atoms with Crippen LogP contribution in [0.15, 0.2) is 0 Å². The third-order valence-electron chi connectivity index (χ3n) is 2.05. The zero-order valence-corrected chi connectivity index (χ0v) is 6.87. The number of rotatable bonds is 2. The summed E-state index contributed by atoms with van der Waals surface area (Å²) in [5.74, 6) is 0.588. The van der Waals surface area contributed by atoms with Gasteiger partial charge in [0.15, 0.2) is 0 Å². The van der Waals surface area contributed by atoms with Crippen LogP contribution < -0.4 is 5.73 Å². The van der Waals surface area contributed by atoms with Crippen molar-refractivity contribution in [2.75, 3.05) is 6.54 Å². The molecule has 0 spiro atoms. The van der Waals surface area contributed by atoms with Crippen molar-refractivity contribution >= 4 is 12.4 Å². The van der Waals surface area contributed by atoms with E-state index in [1.165, 1.54) is 0 Å². The van der Waals surface area contributed by atoms with E-state index >= 15 is 0 Å². The molecule has 0 aromatic carbocycles. The van der Waals surface area contributed by atoms with Crippen LogP contribution in [0.1, 0.15) is 25.7 Å². The smallest absolute Gasteiger partial charge is 0.100 e. The molecular formula is C7H15ClFN. The minimum absolute atomic E-state index is 0. The molecule has 1 nitrogen and oxygen atoms in total. The molecule has 62 valence electrons. The van der Waals surface area contributed by atoms with E-state index in [1.54, 1.807) is 0 Å². The lowest BCUT2D eigenvalue weighted by molar-refractivity contribution is 0.328. The predicted octanol–water partition coefficient (Wildman–Crippen LogP) is 1.90. The minimum atomic E-state index is -0.526. The van der Waals surface area contributed by atoms with E-state index in [4.69, 9.17) is 5.73 Å². The van der Waals surface area contributed by atoms with Crippen LogP contribution in [0.5, 0.6) is 0 Å². The Kier molecular flexibility index (Phi) is 5.00. The van der Waals surface area contributed by atoms with Crippen molar-refractivity contribution in [2.24, 2.45) is 11.7 Å². The number of hydrogen-bond acceptors (Lipinski definition) is 1. The van der Waals surface area contributed by atoms with Crippen LogP contribution in [0.2, 0.25) is 0 Å². The molecule has 0 saturated heterocycles. The topological polar surface area (TPSA) is 26.0 Å². The molecule has 0 radical (unpaired) electrons. The van der Waals surface area contributed by atoms with Gasteiger partial charge in [-0.3, -0.25) is 0 Å². The highest BCUT2D eigenvalue weighted by Crippen LogP contribution is 2.29. The highest BCUT2D eigenvalue weighted by molar-refractivity contribution is 5.85. The van der Waals surface area contributed by atoms with Crippen LogP contribution in [-0.4, -0.2) is 12.7 Å². The van der Waals surface area contributed by atoms with E-state index in [1.807, 2.05) is 0 Å². The molecule has 1 saturated carbocycles. The number of nitrogens with two attached hydrogens (primary N) is 1. The van der Waals surface area contributed by atoms with Gasteiger partial charge in [-0.05, 0) is 38.1 Å². The van der Waals surface area contributed by atoms with E-state index in [0.717, 1.165) is 32.2 Å². The molecule has 1 rings (SSSR count). The standard InChI is InChI=1S/C7H14FN.ClH/c8-7-2-1-6(5-7)3-4-9;/h6-7H,1-5,9H2;1H. The minimum Gasteiger partial charge on any atom is -0.330 e. The molecule has 1 fully saturated rings. The van der Waals surface area contributed by atoms with Gasteiger partial charge < -0.3 is 5.73 Å². The Hall–Kier alpha value is 0.180. The van der Waals surface area contributed by atoms with Crippen LogP contribution in [0.25, 0.3) is 0 Å². The normalized spacial score (nSPS) is 31.8. The lowest BCUT2D eigenvalue weighted by atomic mass is 10.0. The molecule has 2 N–H and O–H groups in total. The van der Waals surface area contributed by atoms with Crippen molar-refractivity contribution in [3.63, 3.8) is 0 Å². The van der Waals surface area contributed by atoms with E-state index in [2.05, 4.69) is 0 Å². The summed E-state index contributed by atoms with van der Waals surface area (Å²) < 4.78 is 12.5. The van der Waals surface area contributed by atoms with Crippen molar-refractivity contribution in [3.8, 4) is 0 Å². The third kappa shape index (κ3) is 2.84. The molecule has 3 heteroatoms. The number of halogens is 2. The van der Waals surface area contributed by atoms with Crippen molar-refractivity contribution in [2.45, 2.75) is 31.9 Å². The molecule has 1 aliphatic carbocycles. The molecule has 0 amide bonds. The molecule has 10 heavy (non-hydrogen) atoms. The van der Waals surface area contributed by atoms with Gasteiger partial charge in [0.2, 0.25) is 0 Å². The van der Waals surface area contributed by atoms with Crippen LogP contribution in [0.3, 0.4) is 0 Å². The average Bonchev–Trinajstić information content (AvgIpc) is 2.17. The van der Waals surface area contributed by atoms with Crippen LogP contribution in [0.4, 0.5) is 4.39 Å². The average molecular weight is 168 g/mol. The Labute approximate surface area is 67.6 Å². The fourth-order valence-corrected chi connectivity index (χ4v) is 1.51. The summed E-state index contributed by atoms with van der Waals surface area (Å²) in [7, 11) is 0. The van der Waals surface area contributed by atoms with E-state index in [9.17, 15) is 4.39 Å². The molecule has 0 aliphatic heterocycles. The number of hydrogen-bond donors (Lipinski definition) is 1. The van der Waals surface area contributed by atoms with Gasteiger partial charge in [0, 0.05) is 0 Å². The summed E-state index contributed by atoms with van der Waals surface area (Å²) in [6, 6.07) is 0. The van der Waals surface area contributed by atoms with Crippen molar-refractivity contribution < 1.29 is 4.39 Å². The van der Waals surface area contributed by atoms with Gasteiger partial charge in [-0.2, -0.15) is 0 Å². The second kappa shape index (κ2) is 4.91. The van der Waals surface area contributed by atoms with Gasteiger partial charge in [0.25, 0.3) is 0 Å². The molecular weight excluding hydrogens is 153 g/mol. The predicted molar refractivity (Wildman–Crippen MR) is 43.2 cm³/mol. The lowest BCUT2D eigenvalue weighted by Crippen LogP contribution is -2.05. The van der Waals surface area contributed by atoms with Gasteiger partial charge in [-0.1, -0.05) is 0 Å². The van der Waals surface area contributed by atoms with E-state index in [-0.39, 0.29) is 12.4 Å². The second-order valence-corrected chi connectivity index (χ2v) is 2.85. The first-order chi connectivity index (χ1) is 4.33. The Bertz CT molecular complexity index is 87.7. The molecule has 2 unspecified atom stereocenters. The molecule has 0 aromatic heterocycles. The highest BCUT2D eigenvalue weighted by atomic mass is 35.5. The maximum absolute atomic E-state index is 12.5. The number of alkyl halides is 1. The Balaban J connectivity index is 0.000000810. The fourth-order valence-electron chi connectivity index (χ4n) is 1.51. The monoisotopic (exact) mass is 167 g/mol. The summed E-state index contributed by atoms with van der Waals surface area (Å²) in [5, 5.41) is 0. The van der Waals surface area contributed by atoms with Crippen molar-refractivity contribution in [1.82, 2.24) is 0 Å². The van der Waals surface area contributed by atoms with Crippen molar-refractivity contribution in [3.05, 3.63) is 0 Å². The zero-order valence-electron chi connectivity index (χ0n) is 6.05. The Morgan fingerprint density at radius 1 is 1.40 bits per heavy atom. The van der Waals surface area contributed by atoms with Gasteiger partial charge >= 0.3 is 0 Å². The maximum atomic E-state index is 12.5. The molecule has 0 aromatic rings. The molecule has 1 aliphatic rings. The molecule has 2 atom stereocenters. The Morgan fingerprint density at radius 2 is 2.10 bits per heavy atom. The summed E-state index contributed by atoms with van der Waals surface area (Å²) in [5.41, 5.74) is 5.33. The van der Waals surface area contributed by atoms with Crippen molar-refractivity contribution in [1.29, 1.82) is 0 Å². The quantitative estimate of drug-likeness (QED) is 0.668. The largest absolute Gasteiger partial charge is 0.330 e. The maximum Gasteiger partial charge on any atom is 0.100 e. The fraction of sp³-hybridized carbons (Fsp3) is 1.00. The van der Waals surface area contributed by atoms with Gasteiger partial charge in [-0.25, -0.2) is 4.39 Å². The zero-order chi connectivity index (χ0) is 6.69. The highest BCUT2D eigenvalue weighted by Gasteiger charge is 2.22. The van der Waals surface area contributed by atoms with Crippen LogP contribution in [-0.2, 0) is 0 Å². The SMILES string of the molecule is Cl.NCCC1CCC(F)C1. The summed E-state index contributed by atoms with van der Waals surface area (Å²) in [6.45, 7) is 0.720. The van der Waals surface area contributed by atoms with E-state index < -0.39 is 6.17 Å². The summed E-state index contributed by atoms with van der Waals surface area (Å²) in [6.07, 6.45) is 3.07.